The third-order valence-electron chi connectivity index (χ3n) is 2.59. The van der Waals surface area contributed by atoms with E-state index in [-0.39, 0.29) is 11.5 Å². The second-order valence-electron chi connectivity index (χ2n) is 4.57. The first-order chi connectivity index (χ1) is 7.47. The monoisotopic (exact) mass is 292 g/mol. The number of halogens is 2. The van der Waals surface area contributed by atoms with Crippen LogP contribution in [0.5, 0.6) is 0 Å². The fourth-order valence-corrected chi connectivity index (χ4v) is 2.43. The van der Waals surface area contributed by atoms with Crippen LogP contribution in [-0.2, 0) is 4.94 Å². The van der Waals surface area contributed by atoms with E-state index in [9.17, 15) is 4.53 Å². The van der Waals surface area contributed by atoms with Crippen molar-refractivity contribution in [3.63, 3.8) is 0 Å². The van der Waals surface area contributed by atoms with E-state index in [1.807, 2.05) is 39.0 Å². The molecule has 1 nitrogen and oxygen atoms in total. The Labute approximate surface area is 107 Å². The van der Waals surface area contributed by atoms with Crippen LogP contribution in [0.3, 0.4) is 0 Å². The summed E-state index contributed by atoms with van der Waals surface area (Å²) in [5, 5.41) is 0. The van der Waals surface area contributed by atoms with Gasteiger partial charge in [-0.1, -0.05) is 67.8 Å². The van der Waals surface area contributed by atoms with Gasteiger partial charge in [-0.25, -0.2) is 0 Å². The van der Waals surface area contributed by atoms with Crippen molar-refractivity contribution in [3.05, 3.63) is 22.7 Å². The van der Waals surface area contributed by atoms with Crippen LogP contribution in [0.2, 0.25) is 0 Å². The summed E-state index contributed by atoms with van der Waals surface area (Å²) in [5.74, 6) is 0. The van der Waals surface area contributed by atoms with Crippen molar-refractivity contribution in [3.8, 4) is 0 Å². The average molecular weight is 293 g/mol. The molecule has 0 saturated heterocycles. The molecule has 1 unspecified atom stereocenters. The van der Waals surface area contributed by atoms with E-state index in [1.165, 1.54) is 0 Å². The van der Waals surface area contributed by atoms with Gasteiger partial charge in [0, 0.05) is 9.90 Å². The van der Waals surface area contributed by atoms with Crippen LogP contribution < -0.4 is 0 Å². The van der Waals surface area contributed by atoms with Gasteiger partial charge in [0.15, 0.2) is 0 Å². The molecule has 0 aromatic rings. The van der Waals surface area contributed by atoms with Gasteiger partial charge in [-0.3, -0.25) is 0 Å². The summed E-state index contributed by atoms with van der Waals surface area (Å²) >= 11 is 3.44. The van der Waals surface area contributed by atoms with Crippen LogP contribution in [0.4, 0.5) is 4.53 Å². The fourth-order valence-electron chi connectivity index (χ4n) is 1.58. The van der Waals surface area contributed by atoms with Crippen LogP contribution in [-0.4, -0.2) is 6.10 Å². The average Bonchev–Trinajstić information content (AvgIpc) is 2.17. The zero-order valence-electron chi connectivity index (χ0n) is 10.6. The van der Waals surface area contributed by atoms with E-state index in [4.69, 9.17) is 0 Å². The van der Waals surface area contributed by atoms with Gasteiger partial charge in [0.2, 0.25) is 0 Å². The third kappa shape index (κ3) is 5.80. The smallest absolute Gasteiger partial charge is 0.107 e. The van der Waals surface area contributed by atoms with E-state index in [2.05, 4.69) is 27.8 Å². The molecule has 0 rings (SSSR count). The first-order valence-electron chi connectivity index (χ1n) is 5.76. The first-order valence-corrected chi connectivity index (χ1v) is 6.55. The summed E-state index contributed by atoms with van der Waals surface area (Å²) in [5.41, 5.74) is -0.317. The van der Waals surface area contributed by atoms with Crippen molar-refractivity contribution in [2.45, 2.75) is 53.1 Å². The molecule has 0 fully saturated rings. The highest BCUT2D eigenvalue weighted by Gasteiger charge is 2.29. The number of allylic oxidation sites excluding steroid dienone is 3. The largest absolute Gasteiger partial charge is 0.190 e. The summed E-state index contributed by atoms with van der Waals surface area (Å²) in [6.07, 6.45) is 8.26. The first kappa shape index (κ1) is 15.9. The Kier molecular flexibility index (Phi) is 7.94. The van der Waals surface area contributed by atoms with Crippen molar-refractivity contribution < 1.29 is 9.47 Å². The van der Waals surface area contributed by atoms with Gasteiger partial charge in [0.25, 0.3) is 0 Å². The Bertz CT molecular complexity index is 246. The minimum atomic E-state index is -0.384. The molecule has 0 radical (unpaired) electrons. The van der Waals surface area contributed by atoms with Crippen molar-refractivity contribution in [1.82, 2.24) is 0 Å². The molecule has 0 aliphatic rings. The summed E-state index contributed by atoms with van der Waals surface area (Å²) in [6.45, 7) is 8.01. The molecule has 0 saturated carbocycles. The van der Waals surface area contributed by atoms with Crippen LogP contribution >= 0.6 is 15.9 Å². The Balaban J connectivity index is 4.64. The maximum atomic E-state index is 12.6. The molecule has 3 heteroatoms. The van der Waals surface area contributed by atoms with E-state index >= 15 is 0 Å². The topological polar surface area (TPSA) is 9.23 Å². The second kappa shape index (κ2) is 8.02. The lowest BCUT2D eigenvalue weighted by Crippen LogP contribution is -2.28. The summed E-state index contributed by atoms with van der Waals surface area (Å²) in [4.78, 5) is 4.11. The zero-order chi connectivity index (χ0) is 12.6. The molecule has 0 spiro atoms. The van der Waals surface area contributed by atoms with Gasteiger partial charge < -0.3 is 0 Å². The molecule has 0 bridgehead atoms. The van der Waals surface area contributed by atoms with Crippen molar-refractivity contribution in [1.29, 1.82) is 0 Å². The molecular weight excluding hydrogens is 271 g/mol. The normalized spacial score (nSPS) is 15.8. The maximum absolute atomic E-state index is 12.6. The van der Waals surface area contributed by atoms with E-state index in [0.29, 0.717) is 0 Å². The summed E-state index contributed by atoms with van der Waals surface area (Å²) < 4.78 is 13.5. The number of hydrogen-bond acceptors (Lipinski definition) is 1. The molecule has 0 heterocycles. The van der Waals surface area contributed by atoms with Crippen LogP contribution in [0.25, 0.3) is 0 Å². The Hall–Kier alpha value is -0.150. The van der Waals surface area contributed by atoms with Crippen LogP contribution in [0.15, 0.2) is 22.7 Å². The van der Waals surface area contributed by atoms with E-state index in [0.717, 1.165) is 23.7 Å². The lowest BCUT2D eigenvalue weighted by molar-refractivity contribution is -0.206. The van der Waals surface area contributed by atoms with E-state index in [1.54, 1.807) is 0 Å². The summed E-state index contributed by atoms with van der Waals surface area (Å²) in [7, 11) is 0. The lowest BCUT2D eigenvalue weighted by atomic mass is 9.83. The Morgan fingerprint density at radius 2 is 2.12 bits per heavy atom. The number of hydrogen-bond donors (Lipinski definition) is 0. The molecule has 16 heavy (non-hydrogen) atoms. The molecule has 0 aliphatic heterocycles. The standard InChI is InChI=1S/C13H22BrFO/c1-5-7-9-12(16-15)13(3,4)10-11(14)8-6-2/h6,8,10,12H,5,7,9H2,1-4H3/b8-6-,11-10+. The summed E-state index contributed by atoms with van der Waals surface area (Å²) in [6, 6.07) is 0. The Morgan fingerprint density at radius 3 is 2.56 bits per heavy atom. The van der Waals surface area contributed by atoms with Crippen molar-refractivity contribution in [2.75, 3.05) is 0 Å². The van der Waals surface area contributed by atoms with Crippen molar-refractivity contribution >= 4 is 15.9 Å². The highest BCUT2D eigenvalue weighted by Crippen LogP contribution is 2.31. The van der Waals surface area contributed by atoms with Gasteiger partial charge >= 0.3 is 0 Å². The second-order valence-corrected chi connectivity index (χ2v) is 5.49. The molecule has 1 atom stereocenters. The molecule has 0 amide bonds. The van der Waals surface area contributed by atoms with Gasteiger partial charge in [0.1, 0.15) is 6.10 Å². The SMILES string of the molecule is C/C=C\C(Br)=C/C(C)(C)C(CCCC)OF. The molecule has 0 aromatic carbocycles. The van der Waals surface area contributed by atoms with Gasteiger partial charge in [-0.15, -0.1) is 0 Å². The molecule has 94 valence electrons. The third-order valence-corrected chi connectivity index (χ3v) is 3.09. The molecule has 0 aromatic heterocycles. The van der Waals surface area contributed by atoms with Gasteiger partial charge in [-0.2, -0.15) is 4.94 Å². The van der Waals surface area contributed by atoms with Gasteiger partial charge in [0.05, 0.1) is 0 Å². The Morgan fingerprint density at radius 1 is 1.50 bits per heavy atom. The predicted molar refractivity (Wildman–Crippen MR) is 71.1 cm³/mol. The molecule has 0 N–H and O–H groups in total. The maximum Gasteiger partial charge on any atom is 0.107 e. The molecular formula is C13H22BrFO. The van der Waals surface area contributed by atoms with Crippen LogP contribution in [0.1, 0.15) is 47.0 Å². The van der Waals surface area contributed by atoms with Crippen LogP contribution in [0, 0.1) is 5.41 Å². The lowest BCUT2D eigenvalue weighted by Gasteiger charge is -2.28. The van der Waals surface area contributed by atoms with Crippen molar-refractivity contribution in [2.24, 2.45) is 5.41 Å². The van der Waals surface area contributed by atoms with E-state index < -0.39 is 0 Å². The van der Waals surface area contributed by atoms with Gasteiger partial charge in [-0.05, 0) is 17.9 Å². The minimum absolute atomic E-state index is 0.317. The fraction of sp³-hybridized carbons (Fsp3) is 0.692. The highest BCUT2D eigenvalue weighted by molar-refractivity contribution is 9.11. The number of rotatable bonds is 7. The predicted octanol–water partition coefficient (Wildman–Crippen LogP) is 5.33. The quantitative estimate of drug-likeness (QED) is 0.577. The minimum Gasteiger partial charge on any atom is -0.190 e. The highest BCUT2D eigenvalue weighted by atomic mass is 79.9. The number of unbranched alkanes of at least 4 members (excludes halogenated alkanes) is 1. The molecule has 0 aliphatic carbocycles. The zero-order valence-corrected chi connectivity index (χ0v) is 12.2.